The summed E-state index contributed by atoms with van der Waals surface area (Å²) in [5.41, 5.74) is 5.04. The molecule has 3 rings (SSSR count). The molecule has 130 valence electrons. The normalized spacial score (nSPS) is 13.1. The minimum atomic E-state index is -0.528. The highest BCUT2D eigenvalue weighted by Gasteiger charge is 2.21. The first-order chi connectivity index (χ1) is 12.1. The van der Waals surface area contributed by atoms with Crippen molar-refractivity contribution in [1.82, 2.24) is 10.4 Å². The monoisotopic (exact) mass is 340 g/mol. The van der Waals surface area contributed by atoms with Crippen molar-refractivity contribution in [3.63, 3.8) is 0 Å². The van der Waals surface area contributed by atoms with Gasteiger partial charge in [-0.15, -0.1) is 0 Å². The number of hydrogen-bond donors (Lipinski definition) is 2. The molecule has 0 aliphatic carbocycles. The van der Waals surface area contributed by atoms with Crippen LogP contribution in [0.3, 0.4) is 0 Å². The number of carbonyl (C=O) groups is 2. The van der Waals surface area contributed by atoms with E-state index in [0.717, 1.165) is 22.4 Å². The predicted molar refractivity (Wildman–Crippen MR) is 91.5 cm³/mol. The molecule has 2 amide bonds. The minimum Gasteiger partial charge on any atom is -0.497 e. The molecule has 6 nitrogen and oxygen atoms in total. The highest BCUT2D eigenvalue weighted by molar-refractivity contribution is 5.93. The van der Waals surface area contributed by atoms with Gasteiger partial charge in [-0.25, -0.2) is 5.48 Å². The number of ether oxygens (including phenoxy) is 1. The number of methoxy groups -OCH3 is 1. The van der Waals surface area contributed by atoms with E-state index < -0.39 is 5.91 Å². The summed E-state index contributed by atoms with van der Waals surface area (Å²) >= 11 is 0. The molecule has 2 aromatic carbocycles. The fraction of sp³-hybridized carbons (Fsp3) is 0.263. The molecule has 0 saturated heterocycles. The van der Waals surface area contributed by atoms with Crippen molar-refractivity contribution >= 4 is 11.8 Å². The van der Waals surface area contributed by atoms with Gasteiger partial charge >= 0.3 is 0 Å². The van der Waals surface area contributed by atoms with Crippen LogP contribution in [0.4, 0.5) is 0 Å². The number of carbonyl (C=O) groups excluding carboxylic acids is 2. The molecule has 0 radical (unpaired) electrons. The van der Waals surface area contributed by atoms with Crippen LogP contribution in [0.25, 0.3) is 0 Å². The van der Waals surface area contributed by atoms with Crippen LogP contribution in [0.2, 0.25) is 0 Å². The quantitative estimate of drug-likeness (QED) is 0.659. The number of nitrogens with one attached hydrogen (secondary N) is 1. The van der Waals surface area contributed by atoms with Crippen LogP contribution < -0.4 is 10.2 Å². The summed E-state index contributed by atoms with van der Waals surface area (Å²) in [6.07, 6.45) is 1.02. The molecule has 0 bridgehead atoms. The molecule has 25 heavy (non-hydrogen) atoms. The van der Waals surface area contributed by atoms with Crippen LogP contribution in [0.1, 0.15) is 27.0 Å². The fourth-order valence-electron chi connectivity index (χ4n) is 3.04. The number of fused-ring (bicyclic) bond motifs is 1. The van der Waals surface area contributed by atoms with Crippen molar-refractivity contribution in [3.05, 3.63) is 64.7 Å². The largest absolute Gasteiger partial charge is 0.497 e. The van der Waals surface area contributed by atoms with Gasteiger partial charge in [-0.1, -0.05) is 18.2 Å². The lowest BCUT2D eigenvalue weighted by Crippen LogP contribution is -2.37. The van der Waals surface area contributed by atoms with Crippen LogP contribution in [0, 0.1) is 0 Å². The van der Waals surface area contributed by atoms with Crippen molar-refractivity contribution in [1.29, 1.82) is 0 Å². The van der Waals surface area contributed by atoms with E-state index in [2.05, 4.69) is 0 Å². The summed E-state index contributed by atoms with van der Waals surface area (Å²) < 4.78 is 5.19. The molecular weight excluding hydrogens is 320 g/mol. The number of amides is 2. The summed E-state index contributed by atoms with van der Waals surface area (Å²) in [6, 6.07) is 12.8. The van der Waals surface area contributed by atoms with Gasteiger partial charge < -0.3 is 9.64 Å². The summed E-state index contributed by atoms with van der Waals surface area (Å²) in [5, 5.41) is 8.72. The highest BCUT2D eigenvalue weighted by Crippen LogP contribution is 2.22. The van der Waals surface area contributed by atoms with E-state index in [9.17, 15) is 9.59 Å². The number of hydrogen-bond acceptors (Lipinski definition) is 4. The van der Waals surface area contributed by atoms with E-state index in [4.69, 9.17) is 9.94 Å². The first-order valence-electron chi connectivity index (χ1n) is 8.07. The lowest BCUT2D eigenvalue weighted by atomic mass is 9.96. The third-order valence-electron chi connectivity index (χ3n) is 4.42. The smallest absolute Gasteiger partial charge is 0.274 e. The number of rotatable bonds is 4. The third kappa shape index (κ3) is 3.80. The molecule has 0 atom stereocenters. The minimum absolute atomic E-state index is 0.0658. The maximum absolute atomic E-state index is 12.6. The second-order valence-corrected chi connectivity index (χ2v) is 6.02. The average molecular weight is 340 g/mol. The van der Waals surface area contributed by atoms with Crippen LogP contribution in [-0.4, -0.2) is 35.6 Å². The van der Waals surface area contributed by atoms with Crippen molar-refractivity contribution in [2.24, 2.45) is 0 Å². The highest BCUT2D eigenvalue weighted by atomic mass is 16.5. The Labute approximate surface area is 146 Å². The van der Waals surface area contributed by atoms with Crippen LogP contribution in [-0.2, 0) is 24.2 Å². The molecule has 1 aliphatic heterocycles. The van der Waals surface area contributed by atoms with E-state index in [1.807, 2.05) is 35.2 Å². The van der Waals surface area contributed by atoms with Crippen molar-refractivity contribution in [2.45, 2.75) is 19.4 Å². The molecule has 0 saturated carbocycles. The summed E-state index contributed by atoms with van der Waals surface area (Å²) in [4.78, 5) is 25.9. The zero-order valence-corrected chi connectivity index (χ0v) is 14.0. The van der Waals surface area contributed by atoms with Crippen LogP contribution in [0.15, 0.2) is 42.5 Å². The van der Waals surface area contributed by atoms with Gasteiger partial charge in [-0.05, 0) is 47.4 Å². The van der Waals surface area contributed by atoms with E-state index in [-0.39, 0.29) is 5.91 Å². The molecular formula is C19H20N2O4. The molecule has 1 aliphatic rings. The van der Waals surface area contributed by atoms with Gasteiger partial charge in [0.05, 0.1) is 13.5 Å². The molecule has 6 heteroatoms. The van der Waals surface area contributed by atoms with Crippen LogP contribution >= 0.6 is 0 Å². The Morgan fingerprint density at radius 1 is 1.20 bits per heavy atom. The van der Waals surface area contributed by atoms with Gasteiger partial charge in [0.2, 0.25) is 5.91 Å². The predicted octanol–water partition coefficient (Wildman–Crippen LogP) is 1.94. The van der Waals surface area contributed by atoms with Gasteiger partial charge in [-0.3, -0.25) is 14.8 Å². The summed E-state index contributed by atoms with van der Waals surface area (Å²) in [5.74, 6) is 0.277. The lowest BCUT2D eigenvalue weighted by molar-refractivity contribution is -0.131. The summed E-state index contributed by atoms with van der Waals surface area (Å²) in [7, 11) is 1.60. The second-order valence-electron chi connectivity index (χ2n) is 6.02. The Hall–Kier alpha value is -2.86. The molecule has 1 heterocycles. The van der Waals surface area contributed by atoms with Crippen molar-refractivity contribution in [3.8, 4) is 5.75 Å². The van der Waals surface area contributed by atoms with Gasteiger partial charge in [0.15, 0.2) is 0 Å². The molecule has 2 aromatic rings. The van der Waals surface area contributed by atoms with Crippen molar-refractivity contribution < 1.29 is 19.5 Å². The Balaban J connectivity index is 1.69. The van der Waals surface area contributed by atoms with Gasteiger partial charge in [-0.2, -0.15) is 0 Å². The Bertz CT molecular complexity index is 804. The summed E-state index contributed by atoms with van der Waals surface area (Å²) in [6.45, 7) is 1.14. The SMILES string of the molecule is COc1cccc(CC(=O)N2CCc3cc(C(=O)NO)ccc3C2)c1. The Morgan fingerprint density at radius 3 is 2.80 bits per heavy atom. The molecule has 2 N–H and O–H groups in total. The second kappa shape index (κ2) is 7.36. The average Bonchev–Trinajstić information content (AvgIpc) is 2.66. The number of hydroxylamine groups is 1. The van der Waals surface area contributed by atoms with E-state index in [1.165, 1.54) is 0 Å². The van der Waals surface area contributed by atoms with E-state index in [0.29, 0.717) is 31.5 Å². The topological polar surface area (TPSA) is 78.9 Å². The Kier molecular flexibility index (Phi) is 5.00. The lowest BCUT2D eigenvalue weighted by Gasteiger charge is -2.29. The van der Waals surface area contributed by atoms with E-state index >= 15 is 0 Å². The van der Waals surface area contributed by atoms with Crippen LogP contribution in [0.5, 0.6) is 5.75 Å². The van der Waals surface area contributed by atoms with Crippen molar-refractivity contribution in [2.75, 3.05) is 13.7 Å². The standard InChI is InChI=1S/C19H20N2O4/c1-25-17-4-2-3-13(9-17)10-18(22)21-8-7-14-11-15(19(23)20-24)5-6-16(14)12-21/h2-6,9,11,24H,7-8,10,12H2,1H3,(H,20,23). The van der Waals surface area contributed by atoms with Gasteiger partial charge in [0, 0.05) is 18.7 Å². The molecule has 0 fully saturated rings. The first-order valence-corrected chi connectivity index (χ1v) is 8.07. The molecule has 0 unspecified atom stereocenters. The van der Waals surface area contributed by atoms with E-state index in [1.54, 1.807) is 24.7 Å². The zero-order valence-electron chi connectivity index (χ0n) is 14.0. The zero-order chi connectivity index (χ0) is 17.8. The van der Waals surface area contributed by atoms with Gasteiger partial charge in [0.1, 0.15) is 5.75 Å². The fourth-order valence-corrected chi connectivity index (χ4v) is 3.04. The molecule has 0 aromatic heterocycles. The molecule has 0 spiro atoms. The van der Waals surface area contributed by atoms with Gasteiger partial charge in [0.25, 0.3) is 5.91 Å². The number of benzene rings is 2. The third-order valence-corrected chi connectivity index (χ3v) is 4.42. The number of nitrogens with zero attached hydrogens (tertiary/aromatic N) is 1. The maximum Gasteiger partial charge on any atom is 0.274 e. The first kappa shape index (κ1) is 17.0. The maximum atomic E-state index is 12.6. The Morgan fingerprint density at radius 2 is 2.04 bits per heavy atom.